The first-order valence-corrected chi connectivity index (χ1v) is 9.29. The van der Waals surface area contributed by atoms with Crippen molar-refractivity contribution in [3.8, 4) is 0 Å². The van der Waals surface area contributed by atoms with Crippen molar-refractivity contribution in [2.45, 2.75) is 45.6 Å². The molecule has 2 atom stereocenters. The van der Waals surface area contributed by atoms with Gasteiger partial charge in [0.2, 0.25) is 5.91 Å². The molecule has 1 aromatic rings. The number of anilines is 1. The van der Waals surface area contributed by atoms with Crippen LogP contribution in [0.3, 0.4) is 0 Å². The molecule has 1 aliphatic carbocycles. The monoisotopic (exact) mass is 369 g/mol. The van der Waals surface area contributed by atoms with E-state index in [2.05, 4.69) is 0 Å². The van der Waals surface area contributed by atoms with Crippen LogP contribution in [0.2, 0.25) is 0 Å². The molecule has 144 valence electrons. The SMILES string of the molecule is COC1=C2CN(c3ccc(C(C)C(=O)OC(C)(C)C)cc3)C(=O)C2CC=C1. The van der Waals surface area contributed by atoms with Crippen LogP contribution in [0.1, 0.15) is 45.6 Å². The van der Waals surface area contributed by atoms with E-state index in [4.69, 9.17) is 9.47 Å². The van der Waals surface area contributed by atoms with Gasteiger partial charge in [0.05, 0.1) is 25.5 Å². The highest BCUT2D eigenvalue weighted by atomic mass is 16.6. The quantitative estimate of drug-likeness (QED) is 0.754. The van der Waals surface area contributed by atoms with Crippen LogP contribution in [0.15, 0.2) is 47.7 Å². The Morgan fingerprint density at radius 3 is 2.48 bits per heavy atom. The Bertz CT molecular complexity index is 799. The fraction of sp³-hybridized carbons (Fsp3) is 0.455. The minimum absolute atomic E-state index is 0.0943. The van der Waals surface area contributed by atoms with Crippen molar-refractivity contribution in [3.05, 3.63) is 53.3 Å². The van der Waals surface area contributed by atoms with E-state index in [9.17, 15) is 9.59 Å². The van der Waals surface area contributed by atoms with E-state index in [0.717, 1.165) is 22.6 Å². The molecule has 0 saturated carbocycles. The Labute approximate surface area is 160 Å². The lowest BCUT2D eigenvalue weighted by molar-refractivity contribution is -0.156. The summed E-state index contributed by atoms with van der Waals surface area (Å²) in [5.41, 5.74) is 2.23. The molecular formula is C22H27NO4. The van der Waals surface area contributed by atoms with Crippen molar-refractivity contribution in [1.29, 1.82) is 0 Å². The number of rotatable bonds is 4. The van der Waals surface area contributed by atoms with Gasteiger partial charge in [0.1, 0.15) is 11.4 Å². The number of ether oxygens (including phenoxy) is 2. The summed E-state index contributed by atoms with van der Waals surface area (Å²) in [6, 6.07) is 7.57. The molecule has 1 fully saturated rings. The van der Waals surface area contributed by atoms with Gasteiger partial charge in [-0.3, -0.25) is 9.59 Å². The molecule has 1 heterocycles. The molecule has 1 saturated heterocycles. The molecule has 0 bridgehead atoms. The second kappa shape index (κ2) is 7.22. The molecule has 2 unspecified atom stereocenters. The fourth-order valence-corrected chi connectivity index (χ4v) is 3.49. The zero-order valence-electron chi connectivity index (χ0n) is 16.6. The molecule has 2 aliphatic rings. The van der Waals surface area contributed by atoms with E-state index in [-0.39, 0.29) is 23.7 Å². The smallest absolute Gasteiger partial charge is 0.313 e. The van der Waals surface area contributed by atoms with Gasteiger partial charge in [-0.1, -0.05) is 18.2 Å². The summed E-state index contributed by atoms with van der Waals surface area (Å²) in [6.45, 7) is 7.95. The van der Waals surface area contributed by atoms with Crippen molar-refractivity contribution in [2.24, 2.45) is 5.92 Å². The van der Waals surface area contributed by atoms with Gasteiger partial charge in [0.15, 0.2) is 0 Å². The highest BCUT2D eigenvalue weighted by molar-refractivity contribution is 6.01. The van der Waals surface area contributed by atoms with Crippen molar-refractivity contribution in [2.75, 3.05) is 18.6 Å². The van der Waals surface area contributed by atoms with Crippen LogP contribution in [-0.2, 0) is 19.1 Å². The maximum Gasteiger partial charge on any atom is 0.313 e. The van der Waals surface area contributed by atoms with Crippen LogP contribution < -0.4 is 4.90 Å². The maximum atomic E-state index is 12.8. The summed E-state index contributed by atoms with van der Waals surface area (Å²) in [5, 5.41) is 0. The number of amides is 1. The molecule has 5 nitrogen and oxygen atoms in total. The Balaban J connectivity index is 1.76. The molecule has 1 amide bonds. The molecule has 1 aliphatic heterocycles. The number of esters is 1. The molecule has 3 rings (SSSR count). The number of hydrogen-bond acceptors (Lipinski definition) is 4. The molecule has 0 aromatic heterocycles. The van der Waals surface area contributed by atoms with E-state index in [1.54, 1.807) is 12.0 Å². The minimum atomic E-state index is -0.510. The Hall–Kier alpha value is -2.56. The van der Waals surface area contributed by atoms with E-state index < -0.39 is 5.60 Å². The number of fused-ring (bicyclic) bond motifs is 1. The second-order valence-corrected chi connectivity index (χ2v) is 8.06. The lowest BCUT2D eigenvalue weighted by Gasteiger charge is -2.23. The predicted molar refractivity (Wildman–Crippen MR) is 104 cm³/mol. The van der Waals surface area contributed by atoms with Crippen molar-refractivity contribution < 1.29 is 19.1 Å². The van der Waals surface area contributed by atoms with Gasteiger partial charge in [-0.25, -0.2) is 0 Å². The minimum Gasteiger partial charge on any atom is -0.497 e. The summed E-state index contributed by atoms with van der Waals surface area (Å²) in [6.07, 6.45) is 4.64. The zero-order valence-corrected chi connectivity index (χ0v) is 16.6. The summed E-state index contributed by atoms with van der Waals surface area (Å²) < 4.78 is 10.9. The Morgan fingerprint density at radius 2 is 1.89 bits per heavy atom. The molecule has 1 aromatic carbocycles. The molecule has 0 spiro atoms. The topological polar surface area (TPSA) is 55.8 Å². The number of nitrogens with zero attached hydrogens (tertiary/aromatic N) is 1. The summed E-state index contributed by atoms with van der Waals surface area (Å²) in [7, 11) is 1.63. The van der Waals surface area contributed by atoms with E-state index >= 15 is 0 Å². The van der Waals surface area contributed by atoms with Gasteiger partial charge in [-0.05, 0) is 57.9 Å². The van der Waals surface area contributed by atoms with Gasteiger partial charge in [-0.2, -0.15) is 0 Å². The van der Waals surface area contributed by atoms with E-state index in [1.165, 1.54) is 0 Å². The number of carbonyl (C=O) groups is 2. The van der Waals surface area contributed by atoms with Gasteiger partial charge >= 0.3 is 5.97 Å². The normalized spacial score (nSPS) is 20.6. The number of hydrogen-bond donors (Lipinski definition) is 0. The second-order valence-electron chi connectivity index (χ2n) is 8.06. The summed E-state index contributed by atoms with van der Waals surface area (Å²) in [4.78, 5) is 26.9. The Kier molecular flexibility index (Phi) is 5.13. The van der Waals surface area contributed by atoms with E-state index in [1.807, 2.05) is 64.1 Å². The first-order chi connectivity index (χ1) is 12.7. The predicted octanol–water partition coefficient (Wildman–Crippen LogP) is 3.96. The highest BCUT2D eigenvalue weighted by Crippen LogP contribution is 2.36. The molecular weight excluding hydrogens is 342 g/mol. The fourth-order valence-electron chi connectivity index (χ4n) is 3.49. The molecule has 0 N–H and O–H groups in total. The summed E-state index contributed by atoms with van der Waals surface area (Å²) >= 11 is 0. The van der Waals surface area contributed by atoms with Gasteiger partial charge in [0, 0.05) is 11.3 Å². The largest absolute Gasteiger partial charge is 0.497 e. The Morgan fingerprint density at radius 1 is 1.22 bits per heavy atom. The van der Waals surface area contributed by atoms with Crippen LogP contribution in [0, 0.1) is 5.92 Å². The van der Waals surface area contributed by atoms with Crippen molar-refractivity contribution in [3.63, 3.8) is 0 Å². The number of methoxy groups -OCH3 is 1. The number of benzene rings is 1. The van der Waals surface area contributed by atoms with Crippen LogP contribution in [0.25, 0.3) is 0 Å². The van der Waals surface area contributed by atoms with Gasteiger partial charge in [0.25, 0.3) is 0 Å². The standard InChI is InChI=1S/C22H27NO4/c1-14(21(25)27-22(2,3)4)15-9-11-16(12-10-15)23-13-18-17(20(23)24)7-6-8-19(18)26-5/h6,8-12,14,17H,7,13H2,1-5H3. The average Bonchev–Trinajstić information content (AvgIpc) is 2.97. The third kappa shape index (κ3) is 3.92. The van der Waals surface area contributed by atoms with Crippen LogP contribution in [-0.4, -0.2) is 31.1 Å². The maximum absolute atomic E-state index is 12.8. The van der Waals surface area contributed by atoms with Crippen LogP contribution in [0.4, 0.5) is 5.69 Å². The zero-order chi connectivity index (χ0) is 19.8. The van der Waals surface area contributed by atoms with Crippen molar-refractivity contribution in [1.82, 2.24) is 0 Å². The van der Waals surface area contributed by atoms with Crippen molar-refractivity contribution >= 4 is 17.6 Å². The van der Waals surface area contributed by atoms with Crippen LogP contribution in [0.5, 0.6) is 0 Å². The van der Waals surface area contributed by atoms with Crippen LogP contribution >= 0.6 is 0 Å². The lowest BCUT2D eigenvalue weighted by atomic mass is 9.93. The number of allylic oxidation sites excluding steroid dienone is 2. The third-order valence-electron chi connectivity index (χ3n) is 4.96. The summed E-state index contributed by atoms with van der Waals surface area (Å²) in [5.74, 6) is 0.140. The van der Waals surface area contributed by atoms with E-state index in [0.29, 0.717) is 13.0 Å². The van der Waals surface area contributed by atoms with Gasteiger partial charge < -0.3 is 14.4 Å². The molecule has 5 heteroatoms. The average molecular weight is 369 g/mol. The first kappa shape index (κ1) is 19.2. The molecule has 0 radical (unpaired) electrons. The lowest BCUT2D eigenvalue weighted by Crippen LogP contribution is -2.27. The number of carbonyl (C=O) groups excluding carboxylic acids is 2. The van der Waals surface area contributed by atoms with Gasteiger partial charge in [-0.15, -0.1) is 0 Å². The molecule has 27 heavy (non-hydrogen) atoms. The highest BCUT2D eigenvalue weighted by Gasteiger charge is 2.39. The first-order valence-electron chi connectivity index (χ1n) is 9.29. The third-order valence-corrected chi connectivity index (χ3v) is 4.96.